The van der Waals surface area contributed by atoms with Crippen molar-refractivity contribution >= 4 is 11.9 Å². The molecule has 0 radical (unpaired) electrons. The number of hydrogen-bond acceptors (Lipinski definition) is 15. The molecule has 15 heteroatoms. The highest BCUT2D eigenvalue weighted by atomic mass is 16.7. The second-order valence-corrected chi connectivity index (χ2v) is 15.6. The van der Waals surface area contributed by atoms with Gasteiger partial charge in [-0.2, -0.15) is 0 Å². The van der Waals surface area contributed by atoms with E-state index >= 15 is 0 Å². The summed E-state index contributed by atoms with van der Waals surface area (Å²) in [6.07, 6.45) is 23.5. The normalized spacial score (nSPS) is 27.6. The summed E-state index contributed by atoms with van der Waals surface area (Å²) in [4.78, 5) is 25.6. The summed E-state index contributed by atoms with van der Waals surface area (Å²) in [5, 5.41) is 71.9. The van der Waals surface area contributed by atoms with E-state index < -0.39 is 99.3 Å². The van der Waals surface area contributed by atoms with Gasteiger partial charge in [0, 0.05) is 12.8 Å². The number of esters is 2. The lowest BCUT2D eigenvalue weighted by Crippen LogP contribution is -2.61. The molecule has 0 aromatic rings. The number of carbonyl (C=O) groups excluding carboxylic acids is 2. The quantitative estimate of drug-likeness (QED) is 0.0207. The maximum Gasteiger partial charge on any atom is 0.306 e. The van der Waals surface area contributed by atoms with Crippen molar-refractivity contribution in [1.82, 2.24) is 0 Å². The molecule has 0 bridgehead atoms. The molecule has 0 saturated carbocycles. The Kier molecular flexibility index (Phi) is 31.0. The molecule has 11 atom stereocenters. The van der Waals surface area contributed by atoms with Crippen LogP contribution < -0.4 is 0 Å². The Morgan fingerprint density at radius 1 is 0.524 bits per heavy atom. The SMILES string of the molecule is CC/C=C/C=C/C=C/C=C/CCCCCC(=O)OC(COC(=O)CCCCCC/C=C/C/C=C/C/C=C/CC)CO[C@@H]1O[C@H](CO[C@@H]2O[C@H](CO)[C@H](O)C(O)C2O)[C@H](O)C(O)C1O. The highest BCUT2D eigenvalue weighted by Crippen LogP contribution is 2.26. The lowest BCUT2D eigenvalue weighted by Gasteiger charge is -2.42. The number of ether oxygens (including phenoxy) is 6. The first-order valence-corrected chi connectivity index (χ1v) is 22.7. The van der Waals surface area contributed by atoms with Crippen LogP contribution in [0.1, 0.15) is 110 Å². The summed E-state index contributed by atoms with van der Waals surface area (Å²) >= 11 is 0. The van der Waals surface area contributed by atoms with Crippen molar-refractivity contribution in [3.63, 3.8) is 0 Å². The van der Waals surface area contributed by atoms with Gasteiger partial charge in [0.05, 0.1) is 19.8 Å². The molecule has 63 heavy (non-hydrogen) atoms. The number of aliphatic hydroxyl groups excluding tert-OH is 7. The highest BCUT2D eigenvalue weighted by Gasteiger charge is 2.47. The molecular weight excluding hydrogens is 817 g/mol. The Morgan fingerprint density at radius 3 is 1.68 bits per heavy atom. The largest absolute Gasteiger partial charge is 0.462 e. The molecule has 0 aromatic heterocycles. The van der Waals surface area contributed by atoms with E-state index in [4.69, 9.17) is 28.4 Å². The van der Waals surface area contributed by atoms with E-state index in [1.165, 1.54) is 0 Å². The molecule has 15 nitrogen and oxygen atoms in total. The summed E-state index contributed by atoms with van der Waals surface area (Å²) in [5.74, 6) is -1.01. The minimum Gasteiger partial charge on any atom is -0.462 e. The molecule has 2 fully saturated rings. The summed E-state index contributed by atoms with van der Waals surface area (Å²) in [7, 11) is 0. The molecule has 2 saturated heterocycles. The van der Waals surface area contributed by atoms with Crippen molar-refractivity contribution < 1.29 is 73.8 Å². The number of hydrogen-bond donors (Lipinski definition) is 7. The number of rotatable bonds is 32. The van der Waals surface area contributed by atoms with E-state index in [1.54, 1.807) is 0 Å². The molecule has 0 spiro atoms. The van der Waals surface area contributed by atoms with Crippen LogP contribution in [0.4, 0.5) is 0 Å². The first kappa shape index (κ1) is 55.8. The molecule has 5 unspecified atom stereocenters. The van der Waals surface area contributed by atoms with Crippen LogP contribution in [0.2, 0.25) is 0 Å². The van der Waals surface area contributed by atoms with Crippen molar-refractivity contribution in [2.24, 2.45) is 0 Å². The zero-order valence-corrected chi connectivity index (χ0v) is 37.3. The molecule has 2 aliphatic heterocycles. The summed E-state index contributed by atoms with van der Waals surface area (Å²) in [5.41, 5.74) is 0. The summed E-state index contributed by atoms with van der Waals surface area (Å²) in [6.45, 7) is 2.22. The van der Waals surface area contributed by atoms with Crippen LogP contribution in [-0.2, 0) is 38.0 Å². The van der Waals surface area contributed by atoms with Gasteiger partial charge >= 0.3 is 11.9 Å². The molecular formula is C48H76O15. The van der Waals surface area contributed by atoms with Gasteiger partial charge in [0.2, 0.25) is 0 Å². The molecule has 2 heterocycles. The molecule has 7 N–H and O–H groups in total. The summed E-state index contributed by atoms with van der Waals surface area (Å²) in [6, 6.07) is 0. The third-order valence-corrected chi connectivity index (χ3v) is 10.2. The van der Waals surface area contributed by atoms with E-state index in [0.29, 0.717) is 12.8 Å². The van der Waals surface area contributed by atoms with Crippen molar-refractivity contribution in [2.75, 3.05) is 26.4 Å². The average molecular weight is 893 g/mol. The van der Waals surface area contributed by atoms with Gasteiger partial charge < -0.3 is 64.2 Å². The Bertz CT molecular complexity index is 1420. The van der Waals surface area contributed by atoms with Gasteiger partial charge in [0.15, 0.2) is 18.7 Å². The minimum absolute atomic E-state index is 0.109. The Morgan fingerprint density at radius 2 is 1.03 bits per heavy atom. The third kappa shape index (κ3) is 24.0. The maximum atomic E-state index is 12.9. The molecule has 0 amide bonds. The minimum atomic E-state index is -1.78. The van der Waals surface area contributed by atoms with Gasteiger partial charge in [0.25, 0.3) is 0 Å². The molecule has 2 aliphatic rings. The number of carbonyl (C=O) groups is 2. The smallest absolute Gasteiger partial charge is 0.306 e. The van der Waals surface area contributed by atoms with Gasteiger partial charge in [-0.3, -0.25) is 9.59 Å². The third-order valence-electron chi connectivity index (χ3n) is 10.2. The van der Waals surface area contributed by atoms with Crippen LogP contribution in [0, 0.1) is 0 Å². The predicted octanol–water partition coefficient (Wildman–Crippen LogP) is 4.87. The van der Waals surface area contributed by atoms with Gasteiger partial charge in [-0.15, -0.1) is 0 Å². The number of unbranched alkanes of at least 4 members (excludes halogenated alkanes) is 7. The van der Waals surface area contributed by atoms with E-state index in [-0.39, 0.29) is 19.4 Å². The summed E-state index contributed by atoms with van der Waals surface area (Å²) < 4.78 is 33.4. The van der Waals surface area contributed by atoms with Crippen LogP contribution in [0.5, 0.6) is 0 Å². The van der Waals surface area contributed by atoms with Gasteiger partial charge in [-0.1, -0.05) is 118 Å². The lowest BCUT2D eigenvalue weighted by molar-refractivity contribution is -0.332. The van der Waals surface area contributed by atoms with E-state index in [2.05, 4.69) is 62.5 Å². The zero-order valence-electron chi connectivity index (χ0n) is 37.3. The molecule has 0 aliphatic carbocycles. The molecule has 0 aromatic carbocycles. The monoisotopic (exact) mass is 893 g/mol. The van der Waals surface area contributed by atoms with Crippen molar-refractivity contribution in [3.8, 4) is 0 Å². The standard InChI is InChI=1S/C48H76O15/c1-3-5-7-9-11-13-15-17-19-20-22-24-26-28-30-39(50)58-33-36(61-40(51)31-29-27-25-23-21-18-16-14-12-10-8-6-4-2)34-59-47-46(57)44(55)42(53)38(63-47)35-60-48-45(56)43(54)41(52)37(32-49)62-48/h5-8,10-14,16-19,21,36-38,41-49,52-57H,3-4,9,15,20,22-35H2,1-2H3/b7-5+,8-6+,12-10+,13-11+,16-14+,19-17+,21-18+/t36?,37-,38-,41+,42+,43?,44?,45?,46?,47-,48-/m1/s1. The van der Waals surface area contributed by atoms with E-state index in [0.717, 1.165) is 70.6 Å². The second-order valence-electron chi connectivity index (χ2n) is 15.6. The fourth-order valence-corrected chi connectivity index (χ4v) is 6.47. The predicted molar refractivity (Wildman–Crippen MR) is 238 cm³/mol. The van der Waals surface area contributed by atoms with Crippen molar-refractivity contribution in [1.29, 1.82) is 0 Å². The highest BCUT2D eigenvalue weighted by molar-refractivity contribution is 5.70. The van der Waals surface area contributed by atoms with Crippen molar-refractivity contribution in [3.05, 3.63) is 85.1 Å². The number of allylic oxidation sites excluding steroid dienone is 14. The Labute approximate surface area is 374 Å². The van der Waals surface area contributed by atoms with E-state index in [9.17, 15) is 45.3 Å². The Hall–Kier alpha value is -3.32. The van der Waals surface area contributed by atoms with Crippen LogP contribution in [0.15, 0.2) is 85.1 Å². The fraction of sp³-hybridized carbons (Fsp3) is 0.667. The molecule has 2 rings (SSSR count). The average Bonchev–Trinajstić information content (AvgIpc) is 3.28. The van der Waals surface area contributed by atoms with Gasteiger partial charge in [-0.25, -0.2) is 0 Å². The molecule has 358 valence electrons. The topological polar surface area (TPSA) is 231 Å². The first-order valence-electron chi connectivity index (χ1n) is 22.7. The lowest BCUT2D eigenvalue weighted by atomic mass is 9.98. The van der Waals surface area contributed by atoms with E-state index in [1.807, 2.05) is 36.5 Å². The Balaban J connectivity index is 1.89. The van der Waals surface area contributed by atoms with Crippen LogP contribution in [0.25, 0.3) is 0 Å². The second kappa shape index (κ2) is 35.0. The van der Waals surface area contributed by atoms with Crippen LogP contribution in [-0.4, -0.2) is 142 Å². The van der Waals surface area contributed by atoms with Crippen LogP contribution in [0.3, 0.4) is 0 Å². The van der Waals surface area contributed by atoms with Gasteiger partial charge in [-0.05, 0) is 64.2 Å². The van der Waals surface area contributed by atoms with Crippen molar-refractivity contribution in [2.45, 2.75) is 178 Å². The van der Waals surface area contributed by atoms with Crippen LogP contribution >= 0.6 is 0 Å². The first-order chi connectivity index (χ1) is 30.5. The fourth-order valence-electron chi connectivity index (χ4n) is 6.47. The maximum absolute atomic E-state index is 12.9. The zero-order chi connectivity index (χ0) is 46.1. The van der Waals surface area contributed by atoms with Gasteiger partial charge in [0.1, 0.15) is 55.4 Å². The number of aliphatic hydroxyl groups is 7.